The molecule has 0 unspecified atom stereocenters. The van der Waals surface area contributed by atoms with Crippen molar-refractivity contribution in [2.24, 2.45) is 0 Å². The summed E-state index contributed by atoms with van der Waals surface area (Å²) >= 11 is 3.32. The molecule has 1 rings (SSSR count). The Morgan fingerprint density at radius 1 is 1.59 bits per heavy atom. The minimum atomic E-state index is -0.377. The van der Waals surface area contributed by atoms with E-state index in [9.17, 15) is 10.1 Å². The van der Waals surface area contributed by atoms with Gasteiger partial charge in [0.2, 0.25) is 0 Å². The van der Waals surface area contributed by atoms with Crippen molar-refractivity contribution in [1.29, 1.82) is 0 Å². The first-order chi connectivity index (χ1) is 7.97. The van der Waals surface area contributed by atoms with Crippen LogP contribution in [0.5, 0.6) is 0 Å². The van der Waals surface area contributed by atoms with Crippen molar-refractivity contribution < 1.29 is 9.66 Å². The SMILES string of the molecule is COC[C@@H](C)N(C)c1cc(Br)ccc1[N+](=O)[O-]. The molecule has 17 heavy (non-hydrogen) atoms. The Labute approximate surface area is 109 Å². The van der Waals surface area contributed by atoms with Crippen LogP contribution in [0.4, 0.5) is 11.4 Å². The van der Waals surface area contributed by atoms with Crippen LogP contribution in [0.2, 0.25) is 0 Å². The first-order valence-electron chi connectivity index (χ1n) is 5.13. The predicted octanol–water partition coefficient (Wildman–Crippen LogP) is 2.83. The van der Waals surface area contributed by atoms with Crippen LogP contribution in [0, 0.1) is 10.1 Å². The Hall–Kier alpha value is -1.14. The second kappa shape index (κ2) is 5.97. The summed E-state index contributed by atoms with van der Waals surface area (Å²) in [4.78, 5) is 12.4. The lowest BCUT2D eigenvalue weighted by molar-refractivity contribution is -0.384. The van der Waals surface area contributed by atoms with Crippen LogP contribution in [-0.2, 0) is 4.74 Å². The molecule has 0 saturated carbocycles. The number of benzene rings is 1. The maximum atomic E-state index is 11.0. The third-order valence-electron chi connectivity index (χ3n) is 2.58. The van der Waals surface area contributed by atoms with Crippen LogP contribution in [0.3, 0.4) is 0 Å². The van der Waals surface area contributed by atoms with Crippen molar-refractivity contribution in [3.8, 4) is 0 Å². The number of anilines is 1. The Morgan fingerprint density at radius 2 is 2.24 bits per heavy atom. The van der Waals surface area contributed by atoms with Gasteiger partial charge in [-0.2, -0.15) is 0 Å². The maximum absolute atomic E-state index is 11.0. The molecule has 0 fully saturated rings. The normalized spacial score (nSPS) is 12.2. The third-order valence-corrected chi connectivity index (χ3v) is 3.08. The highest BCUT2D eigenvalue weighted by atomic mass is 79.9. The second-order valence-electron chi connectivity index (χ2n) is 3.81. The largest absolute Gasteiger partial charge is 0.383 e. The molecule has 0 aliphatic rings. The van der Waals surface area contributed by atoms with Crippen molar-refractivity contribution >= 4 is 27.3 Å². The standard InChI is InChI=1S/C11H15BrN2O3/c1-8(7-17-3)13(2)11-6-9(12)4-5-10(11)14(15)16/h4-6,8H,7H2,1-3H3/t8-/m1/s1. The molecule has 0 bridgehead atoms. The molecule has 0 N–H and O–H groups in total. The van der Waals surface area contributed by atoms with E-state index in [0.29, 0.717) is 12.3 Å². The van der Waals surface area contributed by atoms with Gasteiger partial charge in [-0.1, -0.05) is 15.9 Å². The number of ether oxygens (including phenoxy) is 1. The second-order valence-corrected chi connectivity index (χ2v) is 4.72. The molecule has 1 atom stereocenters. The highest BCUT2D eigenvalue weighted by Crippen LogP contribution is 2.31. The molecule has 0 aliphatic heterocycles. The molecule has 0 aromatic heterocycles. The van der Waals surface area contributed by atoms with E-state index in [1.807, 2.05) is 18.9 Å². The summed E-state index contributed by atoms with van der Waals surface area (Å²) in [6.07, 6.45) is 0. The van der Waals surface area contributed by atoms with Gasteiger partial charge in [-0.3, -0.25) is 10.1 Å². The van der Waals surface area contributed by atoms with E-state index in [2.05, 4.69) is 15.9 Å². The smallest absolute Gasteiger partial charge is 0.292 e. The summed E-state index contributed by atoms with van der Waals surface area (Å²) in [6, 6.07) is 4.96. The number of likely N-dealkylation sites (N-methyl/N-ethyl adjacent to an activating group) is 1. The Balaban J connectivity index is 3.10. The van der Waals surface area contributed by atoms with E-state index < -0.39 is 0 Å². The van der Waals surface area contributed by atoms with E-state index in [0.717, 1.165) is 4.47 Å². The summed E-state index contributed by atoms with van der Waals surface area (Å²) in [6.45, 7) is 2.47. The summed E-state index contributed by atoms with van der Waals surface area (Å²) in [5.41, 5.74) is 0.674. The van der Waals surface area contributed by atoms with Gasteiger partial charge in [0.1, 0.15) is 5.69 Å². The van der Waals surface area contributed by atoms with Gasteiger partial charge in [-0.25, -0.2) is 0 Å². The van der Waals surface area contributed by atoms with Gasteiger partial charge in [-0.15, -0.1) is 0 Å². The lowest BCUT2D eigenvalue weighted by Gasteiger charge is -2.26. The Morgan fingerprint density at radius 3 is 2.76 bits per heavy atom. The molecule has 0 spiro atoms. The number of nitro groups is 1. The van der Waals surface area contributed by atoms with Crippen LogP contribution in [0.25, 0.3) is 0 Å². The Kier molecular flexibility index (Phi) is 4.89. The summed E-state index contributed by atoms with van der Waals surface area (Å²) in [5, 5.41) is 11.0. The third kappa shape index (κ3) is 3.41. The summed E-state index contributed by atoms with van der Waals surface area (Å²) in [5.74, 6) is 0. The first-order valence-corrected chi connectivity index (χ1v) is 5.92. The lowest BCUT2D eigenvalue weighted by atomic mass is 10.2. The van der Waals surface area contributed by atoms with Crippen LogP contribution in [0.1, 0.15) is 6.92 Å². The fourth-order valence-corrected chi connectivity index (χ4v) is 1.87. The average molecular weight is 303 g/mol. The van der Waals surface area contributed by atoms with Crippen LogP contribution in [-0.4, -0.2) is 31.7 Å². The highest BCUT2D eigenvalue weighted by Gasteiger charge is 2.20. The number of halogens is 1. The molecule has 0 radical (unpaired) electrons. The van der Waals surface area contributed by atoms with Gasteiger partial charge in [0.15, 0.2) is 0 Å². The van der Waals surface area contributed by atoms with E-state index in [4.69, 9.17) is 4.74 Å². The van der Waals surface area contributed by atoms with Crippen LogP contribution < -0.4 is 4.90 Å². The van der Waals surface area contributed by atoms with E-state index >= 15 is 0 Å². The van der Waals surface area contributed by atoms with Gasteiger partial charge in [0, 0.05) is 30.7 Å². The number of hydrogen-bond acceptors (Lipinski definition) is 4. The van der Waals surface area contributed by atoms with Gasteiger partial charge in [-0.05, 0) is 19.1 Å². The molecular weight excluding hydrogens is 288 g/mol. The van der Waals surface area contributed by atoms with Crippen LogP contribution >= 0.6 is 15.9 Å². The molecule has 1 aromatic carbocycles. The Bertz CT molecular complexity index is 412. The number of methoxy groups -OCH3 is 1. The minimum absolute atomic E-state index is 0.0630. The molecule has 0 heterocycles. The molecule has 6 heteroatoms. The average Bonchev–Trinajstić information content (AvgIpc) is 2.27. The number of hydrogen-bond donors (Lipinski definition) is 0. The topological polar surface area (TPSA) is 55.6 Å². The van der Waals surface area contributed by atoms with Crippen LogP contribution in [0.15, 0.2) is 22.7 Å². The van der Waals surface area contributed by atoms with Crippen molar-refractivity contribution in [2.45, 2.75) is 13.0 Å². The molecule has 0 saturated heterocycles. The zero-order valence-electron chi connectivity index (χ0n) is 10.0. The predicted molar refractivity (Wildman–Crippen MR) is 70.5 cm³/mol. The number of rotatable bonds is 5. The molecule has 1 aromatic rings. The zero-order valence-corrected chi connectivity index (χ0v) is 11.6. The van der Waals surface area contributed by atoms with Gasteiger partial charge in [0.05, 0.1) is 11.5 Å². The maximum Gasteiger partial charge on any atom is 0.292 e. The fourth-order valence-electron chi connectivity index (χ4n) is 1.52. The lowest BCUT2D eigenvalue weighted by Crippen LogP contribution is -2.33. The van der Waals surface area contributed by atoms with Crippen molar-refractivity contribution in [3.63, 3.8) is 0 Å². The van der Waals surface area contributed by atoms with Gasteiger partial charge >= 0.3 is 0 Å². The quantitative estimate of drug-likeness (QED) is 0.620. The molecular formula is C11H15BrN2O3. The molecule has 5 nitrogen and oxygen atoms in total. The minimum Gasteiger partial charge on any atom is -0.383 e. The summed E-state index contributed by atoms with van der Waals surface area (Å²) < 4.78 is 5.87. The first kappa shape index (κ1) is 13.9. The van der Waals surface area contributed by atoms with E-state index in [-0.39, 0.29) is 16.7 Å². The summed E-state index contributed by atoms with van der Waals surface area (Å²) in [7, 11) is 3.43. The van der Waals surface area contributed by atoms with Gasteiger partial charge < -0.3 is 9.64 Å². The van der Waals surface area contributed by atoms with Gasteiger partial charge in [0.25, 0.3) is 5.69 Å². The van der Waals surface area contributed by atoms with Crippen molar-refractivity contribution in [3.05, 3.63) is 32.8 Å². The van der Waals surface area contributed by atoms with Crippen molar-refractivity contribution in [2.75, 3.05) is 25.7 Å². The van der Waals surface area contributed by atoms with E-state index in [1.54, 1.807) is 19.2 Å². The molecule has 0 amide bonds. The molecule has 0 aliphatic carbocycles. The van der Waals surface area contributed by atoms with E-state index in [1.165, 1.54) is 6.07 Å². The number of nitro benzene ring substituents is 1. The molecule has 94 valence electrons. The fraction of sp³-hybridized carbons (Fsp3) is 0.455. The highest BCUT2D eigenvalue weighted by molar-refractivity contribution is 9.10. The number of nitrogens with zero attached hydrogens (tertiary/aromatic N) is 2. The zero-order chi connectivity index (χ0) is 13.0. The van der Waals surface area contributed by atoms with Crippen molar-refractivity contribution in [1.82, 2.24) is 0 Å². The monoisotopic (exact) mass is 302 g/mol.